The Hall–Kier alpha value is -4.30. The molecule has 168 valence electrons. The first-order valence-electron chi connectivity index (χ1n) is 10.7. The molecule has 3 aromatic heterocycles. The molecule has 0 spiro atoms. The summed E-state index contributed by atoms with van der Waals surface area (Å²) in [5.41, 5.74) is 3.91. The summed E-state index contributed by atoms with van der Waals surface area (Å²) in [7, 11) is 0. The van der Waals surface area contributed by atoms with E-state index in [0.717, 1.165) is 27.2 Å². The number of aromatic nitrogens is 3. The summed E-state index contributed by atoms with van der Waals surface area (Å²) < 4.78 is 1.88. The van der Waals surface area contributed by atoms with Crippen LogP contribution in [0, 0.1) is 6.92 Å². The molecule has 3 heterocycles. The summed E-state index contributed by atoms with van der Waals surface area (Å²) in [5, 5.41) is 11.4. The lowest BCUT2D eigenvalue weighted by Crippen LogP contribution is -2.22. The Labute approximate surface area is 200 Å². The van der Waals surface area contributed by atoms with Gasteiger partial charge in [-0.25, -0.2) is 4.68 Å². The van der Waals surface area contributed by atoms with E-state index in [1.54, 1.807) is 24.5 Å². The number of hydrogen-bond acceptors (Lipinski definition) is 5. The molecule has 7 nitrogen and oxygen atoms in total. The fraction of sp³-hybridized carbons (Fsp3) is 0.0769. The van der Waals surface area contributed by atoms with Crippen molar-refractivity contribution >= 4 is 39.1 Å². The van der Waals surface area contributed by atoms with Gasteiger partial charge in [0.1, 0.15) is 4.83 Å². The van der Waals surface area contributed by atoms with Crippen molar-refractivity contribution in [1.29, 1.82) is 0 Å². The molecule has 0 aliphatic rings. The number of thiophene rings is 1. The lowest BCUT2D eigenvalue weighted by atomic mass is 10.2. The molecular weight excluding hydrogens is 446 g/mol. The van der Waals surface area contributed by atoms with Crippen molar-refractivity contribution in [2.24, 2.45) is 0 Å². The number of fused-ring (bicyclic) bond motifs is 1. The van der Waals surface area contributed by atoms with Crippen molar-refractivity contribution < 1.29 is 9.59 Å². The minimum absolute atomic E-state index is 0.147. The Morgan fingerprint density at radius 2 is 1.74 bits per heavy atom. The van der Waals surface area contributed by atoms with E-state index in [0.29, 0.717) is 22.7 Å². The highest BCUT2D eigenvalue weighted by Crippen LogP contribution is 2.30. The normalized spacial score (nSPS) is 10.9. The second kappa shape index (κ2) is 9.29. The van der Waals surface area contributed by atoms with Crippen LogP contribution in [0.4, 0.5) is 5.69 Å². The summed E-state index contributed by atoms with van der Waals surface area (Å²) in [5.74, 6) is -0.358. The third kappa shape index (κ3) is 4.44. The molecule has 5 aromatic rings. The Morgan fingerprint density at radius 1 is 0.941 bits per heavy atom. The fourth-order valence-corrected chi connectivity index (χ4v) is 4.74. The maximum Gasteiger partial charge on any atom is 0.261 e. The third-order valence-corrected chi connectivity index (χ3v) is 6.46. The van der Waals surface area contributed by atoms with E-state index < -0.39 is 0 Å². The van der Waals surface area contributed by atoms with Crippen LogP contribution in [-0.2, 0) is 6.54 Å². The topological polar surface area (TPSA) is 88.9 Å². The molecule has 0 aliphatic heterocycles. The van der Waals surface area contributed by atoms with Gasteiger partial charge in [0.15, 0.2) is 0 Å². The van der Waals surface area contributed by atoms with Crippen molar-refractivity contribution in [3.05, 3.63) is 107 Å². The molecule has 0 radical (unpaired) electrons. The monoisotopic (exact) mass is 467 g/mol. The van der Waals surface area contributed by atoms with Crippen LogP contribution in [0.25, 0.3) is 15.9 Å². The van der Waals surface area contributed by atoms with Crippen LogP contribution < -0.4 is 10.6 Å². The molecule has 0 saturated carbocycles. The number of amides is 2. The highest BCUT2D eigenvalue weighted by Gasteiger charge is 2.17. The maximum absolute atomic E-state index is 12.9. The number of carbonyl (C=O) groups is 2. The van der Waals surface area contributed by atoms with Crippen LogP contribution in [0.15, 0.2) is 85.2 Å². The number of nitrogens with zero attached hydrogens (tertiary/aromatic N) is 3. The largest absolute Gasteiger partial charge is 0.347 e. The lowest BCUT2D eigenvalue weighted by Gasteiger charge is -2.08. The number of pyridine rings is 1. The molecule has 8 heteroatoms. The Kier molecular flexibility index (Phi) is 5.88. The zero-order chi connectivity index (χ0) is 23.5. The number of carbonyl (C=O) groups excluding carboxylic acids is 2. The minimum atomic E-state index is -0.211. The third-order valence-electron chi connectivity index (χ3n) is 5.35. The van der Waals surface area contributed by atoms with Crippen LogP contribution in [0.1, 0.15) is 31.3 Å². The van der Waals surface area contributed by atoms with E-state index in [1.165, 1.54) is 11.3 Å². The Balaban J connectivity index is 1.28. The highest BCUT2D eigenvalue weighted by atomic mass is 32.1. The van der Waals surface area contributed by atoms with E-state index in [2.05, 4.69) is 20.7 Å². The molecule has 2 aromatic carbocycles. The predicted molar refractivity (Wildman–Crippen MR) is 133 cm³/mol. The predicted octanol–water partition coefficient (Wildman–Crippen LogP) is 4.97. The van der Waals surface area contributed by atoms with Crippen molar-refractivity contribution in [2.45, 2.75) is 13.5 Å². The number of rotatable bonds is 6. The molecule has 0 bridgehead atoms. The second-order valence-corrected chi connectivity index (χ2v) is 8.77. The number of benzene rings is 2. The van der Waals surface area contributed by atoms with E-state index in [-0.39, 0.29) is 11.8 Å². The van der Waals surface area contributed by atoms with Crippen molar-refractivity contribution in [2.75, 3.05) is 5.32 Å². The molecule has 2 amide bonds. The molecule has 0 aliphatic carbocycles. The molecule has 34 heavy (non-hydrogen) atoms. The van der Waals surface area contributed by atoms with Gasteiger partial charge < -0.3 is 10.6 Å². The fourth-order valence-electron chi connectivity index (χ4n) is 3.64. The highest BCUT2D eigenvalue weighted by molar-refractivity contribution is 7.20. The summed E-state index contributed by atoms with van der Waals surface area (Å²) in [6, 6.07) is 22.5. The smallest absolute Gasteiger partial charge is 0.261 e. The van der Waals surface area contributed by atoms with Gasteiger partial charge in [0.2, 0.25) is 0 Å². The first kappa shape index (κ1) is 21.5. The zero-order valence-corrected chi connectivity index (χ0v) is 19.2. The maximum atomic E-state index is 12.9. The van der Waals surface area contributed by atoms with Gasteiger partial charge in [-0.15, -0.1) is 11.3 Å². The molecule has 0 saturated heterocycles. The number of aryl methyl sites for hydroxylation is 1. The average molecular weight is 468 g/mol. The zero-order valence-electron chi connectivity index (χ0n) is 18.4. The SMILES string of the molecule is Cc1nn(-c2ccccc2)c2sc(C(=O)NCc3cccc(NC(=O)c4ccncc4)c3)cc12. The van der Waals surface area contributed by atoms with Crippen molar-refractivity contribution in [3.63, 3.8) is 0 Å². The van der Waals surface area contributed by atoms with E-state index in [4.69, 9.17) is 0 Å². The van der Waals surface area contributed by atoms with Gasteiger partial charge in [0, 0.05) is 35.6 Å². The van der Waals surface area contributed by atoms with E-state index in [1.807, 2.05) is 72.3 Å². The number of nitrogens with one attached hydrogen (secondary N) is 2. The molecular formula is C26H21N5O2S. The first-order valence-corrected chi connectivity index (χ1v) is 11.5. The Morgan fingerprint density at radius 3 is 2.53 bits per heavy atom. The van der Waals surface area contributed by atoms with Crippen molar-refractivity contribution in [3.8, 4) is 5.69 Å². The molecule has 0 fully saturated rings. The van der Waals surface area contributed by atoms with Gasteiger partial charge in [0.25, 0.3) is 11.8 Å². The van der Waals surface area contributed by atoms with Gasteiger partial charge in [-0.2, -0.15) is 5.10 Å². The number of hydrogen-bond donors (Lipinski definition) is 2. The summed E-state index contributed by atoms with van der Waals surface area (Å²) in [6.45, 7) is 2.29. The quantitative estimate of drug-likeness (QED) is 0.369. The Bertz CT molecular complexity index is 1480. The van der Waals surface area contributed by atoms with Gasteiger partial charge >= 0.3 is 0 Å². The van der Waals surface area contributed by atoms with Crippen LogP contribution in [-0.4, -0.2) is 26.6 Å². The van der Waals surface area contributed by atoms with E-state index >= 15 is 0 Å². The van der Waals surface area contributed by atoms with Crippen molar-refractivity contribution in [1.82, 2.24) is 20.1 Å². The summed E-state index contributed by atoms with van der Waals surface area (Å²) in [4.78, 5) is 30.8. The number of para-hydroxylation sites is 1. The van der Waals surface area contributed by atoms with Crippen LogP contribution >= 0.6 is 11.3 Å². The standard InChI is InChI=1S/C26H21N5O2S/c1-17-22-15-23(34-26(22)31(30-17)21-8-3-2-4-9-21)25(33)28-16-18-6-5-7-20(14-18)29-24(32)19-10-12-27-13-11-19/h2-15H,16H2,1H3,(H,28,33)(H,29,32). The van der Waals surface area contributed by atoms with Gasteiger partial charge in [0.05, 0.1) is 16.3 Å². The summed E-state index contributed by atoms with van der Waals surface area (Å²) in [6.07, 6.45) is 3.15. The van der Waals surface area contributed by atoms with Gasteiger partial charge in [-0.1, -0.05) is 30.3 Å². The van der Waals surface area contributed by atoms with Crippen LogP contribution in [0.3, 0.4) is 0 Å². The second-order valence-electron chi connectivity index (χ2n) is 7.74. The summed E-state index contributed by atoms with van der Waals surface area (Å²) >= 11 is 1.42. The van der Waals surface area contributed by atoms with E-state index in [9.17, 15) is 9.59 Å². The van der Waals surface area contributed by atoms with Crippen LogP contribution in [0.5, 0.6) is 0 Å². The average Bonchev–Trinajstić information content (AvgIpc) is 3.44. The minimum Gasteiger partial charge on any atom is -0.347 e. The molecule has 0 atom stereocenters. The number of anilines is 1. The molecule has 5 rings (SSSR count). The lowest BCUT2D eigenvalue weighted by molar-refractivity contribution is 0.0954. The molecule has 0 unspecified atom stereocenters. The van der Waals surface area contributed by atoms with Crippen LogP contribution in [0.2, 0.25) is 0 Å². The van der Waals surface area contributed by atoms with Gasteiger partial charge in [-0.05, 0) is 55.0 Å². The first-order chi connectivity index (χ1) is 16.6. The van der Waals surface area contributed by atoms with Gasteiger partial charge in [-0.3, -0.25) is 14.6 Å². The molecule has 2 N–H and O–H groups in total.